The summed E-state index contributed by atoms with van der Waals surface area (Å²) in [4.78, 5) is 24.3. The fourth-order valence-corrected chi connectivity index (χ4v) is 4.52. The molecule has 0 bridgehead atoms. The van der Waals surface area contributed by atoms with Crippen molar-refractivity contribution in [2.75, 3.05) is 50.0 Å². The Kier molecular flexibility index (Phi) is 6.57. The molecule has 2 aliphatic rings. The monoisotopic (exact) mass is 477 g/mol. The molecule has 0 saturated carbocycles. The van der Waals surface area contributed by atoms with E-state index in [0.717, 1.165) is 36.9 Å². The van der Waals surface area contributed by atoms with Gasteiger partial charge in [0.25, 0.3) is 0 Å². The smallest absolute Gasteiger partial charge is 0.234 e. The average molecular weight is 478 g/mol. The second-order valence-electron chi connectivity index (χ2n) is 7.95. The number of amidine groups is 1. The van der Waals surface area contributed by atoms with Crippen LogP contribution >= 0.6 is 23.4 Å². The van der Waals surface area contributed by atoms with E-state index in [4.69, 9.17) is 21.6 Å². The van der Waals surface area contributed by atoms with Gasteiger partial charge in [0.15, 0.2) is 5.16 Å². The van der Waals surface area contributed by atoms with Crippen LogP contribution in [0.15, 0.2) is 75.7 Å². The van der Waals surface area contributed by atoms with Crippen molar-refractivity contribution in [3.63, 3.8) is 0 Å². The number of hydrogen-bond donors (Lipinski definition) is 1. The molecule has 1 fully saturated rings. The second kappa shape index (κ2) is 9.91. The van der Waals surface area contributed by atoms with E-state index in [0.29, 0.717) is 28.6 Å². The molecule has 33 heavy (non-hydrogen) atoms. The van der Waals surface area contributed by atoms with Crippen LogP contribution < -0.4 is 10.2 Å². The average Bonchev–Trinajstić information content (AvgIpc) is 3.30. The van der Waals surface area contributed by atoms with Crippen molar-refractivity contribution in [1.29, 1.82) is 0 Å². The van der Waals surface area contributed by atoms with Crippen LogP contribution in [0.4, 0.5) is 11.9 Å². The molecule has 1 saturated heterocycles. The van der Waals surface area contributed by atoms with Gasteiger partial charge in [-0.25, -0.2) is 0 Å². The summed E-state index contributed by atoms with van der Waals surface area (Å²) in [5, 5.41) is 4.64. The summed E-state index contributed by atoms with van der Waals surface area (Å²) in [6, 6.07) is 18.0. The van der Waals surface area contributed by atoms with Crippen molar-refractivity contribution in [2.45, 2.75) is 10.1 Å². The molecule has 2 aromatic carbocycles. The molecule has 3 aromatic rings. The van der Waals surface area contributed by atoms with E-state index in [9.17, 15) is 0 Å². The lowest BCUT2D eigenvalue weighted by atomic mass is 10.1. The minimum atomic E-state index is 0.500. The first-order valence-corrected chi connectivity index (χ1v) is 12.0. The van der Waals surface area contributed by atoms with Gasteiger partial charge in [0, 0.05) is 36.1 Å². The molecule has 9 heteroatoms. The van der Waals surface area contributed by atoms with Crippen LogP contribution in [0.3, 0.4) is 0 Å². The summed E-state index contributed by atoms with van der Waals surface area (Å²) < 4.78 is 0. The number of rotatable bonds is 5. The third-order valence-corrected chi connectivity index (χ3v) is 6.65. The molecular weight excluding hydrogens is 454 g/mol. The highest BCUT2D eigenvalue weighted by Crippen LogP contribution is 2.28. The van der Waals surface area contributed by atoms with Crippen LogP contribution in [0.1, 0.15) is 5.56 Å². The number of hydrogen-bond acceptors (Lipinski definition) is 8. The Morgan fingerprint density at radius 1 is 0.909 bits per heavy atom. The van der Waals surface area contributed by atoms with E-state index in [1.54, 1.807) is 0 Å². The summed E-state index contributed by atoms with van der Waals surface area (Å²) in [5.74, 6) is 1.94. The number of piperazine rings is 1. The summed E-state index contributed by atoms with van der Waals surface area (Å²) >= 11 is 7.53. The number of benzene rings is 2. The highest BCUT2D eigenvalue weighted by atomic mass is 35.5. The van der Waals surface area contributed by atoms with Gasteiger partial charge in [0.1, 0.15) is 5.84 Å². The molecule has 0 radical (unpaired) electrons. The quantitative estimate of drug-likeness (QED) is 0.586. The molecule has 3 heterocycles. The predicted molar refractivity (Wildman–Crippen MR) is 135 cm³/mol. The lowest BCUT2D eigenvalue weighted by molar-refractivity contribution is 0.311. The number of nitrogens with zero attached hydrogens (tertiary/aromatic N) is 6. The molecular formula is C24H24ClN7S. The Morgan fingerprint density at radius 3 is 2.42 bits per heavy atom. The van der Waals surface area contributed by atoms with E-state index >= 15 is 0 Å². The summed E-state index contributed by atoms with van der Waals surface area (Å²) in [7, 11) is 2.13. The van der Waals surface area contributed by atoms with Crippen molar-refractivity contribution < 1.29 is 0 Å². The Morgan fingerprint density at radius 2 is 1.67 bits per heavy atom. The van der Waals surface area contributed by atoms with Gasteiger partial charge in [0.05, 0.1) is 6.54 Å². The molecule has 0 unspecified atom stereocenters. The maximum atomic E-state index is 6.04. The van der Waals surface area contributed by atoms with Crippen molar-refractivity contribution in [3.05, 3.63) is 71.3 Å². The molecule has 168 valence electrons. The Balaban J connectivity index is 1.40. The first kappa shape index (κ1) is 21.9. The fraction of sp³-hybridized carbons (Fsp3) is 0.250. The molecule has 1 N–H and O–H groups in total. The van der Waals surface area contributed by atoms with Crippen molar-refractivity contribution in [2.24, 2.45) is 4.99 Å². The zero-order valence-electron chi connectivity index (χ0n) is 18.3. The molecule has 2 aliphatic heterocycles. The number of likely N-dealkylation sites (N-methyl/N-ethyl adjacent to an activating group) is 1. The third-order valence-electron chi connectivity index (χ3n) is 5.53. The Labute approximate surface area is 202 Å². The Bertz CT molecular complexity index is 1170. The molecule has 0 spiro atoms. The second-order valence-corrected chi connectivity index (χ2v) is 9.43. The van der Waals surface area contributed by atoms with Gasteiger partial charge in [0.2, 0.25) is 11.9 Å². The van der Waals surface area contributed by atoms with Gasteiger partial charge >= 0.3 is 0 Å². The van der Waals surface area contributed by atoms with Gasteiger partial charge < -0.3 is 15.1 Å². The van der Waals surface area contributed by atoms with Gasteiger partial charge in [-0.2, -0.15) is 15.0 Å². The predicted octanol–water partition coefficient (Wildman–Crippen LogP) is 4.34. The Hall–Kier alpha value is -2.94. The first-order valence-electron chi connectivity index (χ1n) is 10.8. The molecule has 1 aromatic heterocycles. The minimum Gasteiger partial charge on any atom is -0.338 e. The van der Waals surface area contributed by atoms with Crippen LogP contribution in [-0.4, -0.2) is 65.5 Å². The zero-order valence-corrected chi connectivity index (χ0v) is 19.9. The number of aromatic nitrogens is 3. The van der Waals surface area contributed by atoms with Crippen LogP contribution in [0.5, 0.6) is 0 Å². The van der Waals surface area contributed by atoms with Crippen molar-refractivity contribution >= 4 is 46.7 Å². The van der Waals surface area contributed by atoms with E-state index in [1.807, 2.05) is 42.5 Å². The number of nitrogens with one attached hydrogen (secondary N) is 1. The highest BCUT2D eigenvalue weighted by molar-refractivity contribution is 7.99. The standard InChI is InChI=1S/C24H24ClN7S/c1-31-11-13-32(14-12-31)23-28-22(29-24(30-23)33-20-9-7-19(25)8-10-20)27-21-15-18(16-26-21)17-5-3-2-4-6-17/h2-10,15H,11-14,16H2,1H3,(H,26,27,28,29,30). The highest BCUT2D eigenvalue weighted by Gasteiger charge is 2.20. The van der Waals surface area contributed by atoms with Crippen LogP contribution in [0, 0.1) is 0 Å². The largest absolute Gasteiger partial charge is 0.338 e. The van der Waals surface area contributed by atoms with E-state index in [-0.39, 0.29) is 0 Å². The number of aliphatic imine (C=N–C) groups is 1. The van der Waals surface area contributed by atoms with E-state index in [2.05, 4.69) is 50.3 Å². The summed E-state index contributed by atoms with van der Waals surface area (Å²) in [6.45, 7) is 4.34. The normalized spacial score (nSPS) is 16.5. The van der Waals surface area contributed by atoms with E-state index in [1.165, 1.54) is 22.9 Å². The van der Waals surface area contributed by atoms with Crippen LogP contribution in [-0.2, 0) is 0 Å². The number of anilines is 2. The van der Waals surface area contributed by atoms with Gasteiger partial charge in [-0.15, -0.1) is 0 Å². The lowest BCUT2D eigenvalue weighted by Crippen LogP contribution is -2.45. The fourth-order valence-electron chi connectivity index (χ4n) is 3.65. The topological polar surface area (TPSA) is 69.5 Å². The van der Waals surface area contributed by atoms with Gasteiger partial charge in [-0.1, -0.05) is 41.9 Å². The van der Waals surface area contributed by atoms with E-state index < -0.39 is 0 Å². The maximum absolute atomic E-state index is 6.04. The summed E-state index contributed by atoms with van der Waals surface area (Å²) in [5.41, 5.74) is 2.34. The van der Waals surface area contributed by atoms with Crippen LogP contribution in [0.25, 0.3) is 5.57 Å². The minimum absolute atomic E-state index is 0.500. The van der Waals surface area contributed by atoms with Gasteiger partial charge in [-0.3, -0.25) is 4.99 Å². The third kappa shape index (κ3) is 5.52. The summed E-state index contributed by atoms with van der Waals surface area (Å²) in [6.07, 6.45) is 2.06. The zero-order chi connectivity index (χ0) is 22.6. The first-order chi connectivity index (χ1) is 16.1. The molecule has 0 amide bonds. The van der Waals surface area contributed by atoms with Gasteiger partial charge in [-0.05, 0) is 60.3 Å². The molecule has 0 aliphatic carbocycles. The van der Waals surface area contributed by atoms with Crippen LogP contribution in [0.2, 0.25) is 5.02 Å². The SMILES string of the molecule is CN1CCN(c2nc(NC3=NCC(c4ccccc4)=C3)nc(Sc3ccc(Cl)cc3)n2)CC1. The molecule has 5 rings (SSSR count). The lowest BCUT2D eigenvalue weighted by Gasteiger charge is -2.32. The molecule has 0 atom stereocenters. The number of halogens is 1. The van der Waals surface area contributed by atoms with Crippen molar-refractivity contribution in [1.82, 2.24) is 19.9 Å². The molecule has 7 nitrogen and oxygen atoms in total. The maximum Gasteiger partial charge on any atom is 0.234 e. The van der Waals surface area contributed by atoms with Crippen molar-refractivity contribution in [3.8, 4) is 0 Å².